The molecule has 1 heterocycles. The van der Waals surface area contributed by atoms with E-state index in [-0.39, 0.29) is 16.7 Å². The summed E-state index contributed by atoms with van der Waals surface area (Å²) < 4.78 is 13.7. The summed E-state index contributed by atoms with van der Waals surface area (Å²) in [6, 6.07) is 6.02. The molecule has 1 aromatic heterocycles. The summed E-state index contributed by atoms with van der Waals surface area (Å²) in [4.78, 5) is 8.00. The van der Waals surface area contributed by atoms with Gasteiger partial charge in [-0.05, 0) is 12.1 Å². The maximum atomic E-state index is 13.7. The van der Waals surface area contributed by atoms with Crippen LogP contribution in [0.15, 0.2) is 24.3 Å². The second-order valence-electron chi connectivity index (χ2n) is 3.48. The fraction of sp³-hybridized carbons (Fsp3) is 0. The molecule has 0 fully saturated rings. The molecule has 1 aromatic carbocycles. The number of rotatable bonds is 4. The van der Waals surface area contributed by atoms with Crippen LogP contribution in [0.3, 0.4) is 0 Å². The average Bonchev–Trinajstić information content (AvgIpc) is 2.43. The number of aromatic nitrogens is 2. The molecule has 7 nitrogen and oxygen atoms in total. The van der Waals surface area contributed by atoms with Gasteiger partial charge in [0, 0.05) is 6.07 Å². The van der Waals surface area contributed by atoms with Crippen LogP contribution in [-0.2, 0) is 0 Å². The second kappa shape index (κ2) is 5.65. The molecule has 0 saturated carbocycles. The highest BCUT2D eigenvalue weighted by atomic mass is 35.5. The Morgan fingerprint density at radius 1 is 1.11 bits per heavy atom. The van der Waals surface area contributed by atoms with E-state index >= 15 is 0 Å². The molecular weight excluding hydrogens is 273 g/mol. The molecule has 0 bridgehead atoms. The summed E-state index contributed by atoms with van der Waals surface area (Å²) >= 11 is 5.68. The van der Waals surface area contributed by atoms with Crippen molar-refractivity contribution in [1.29, 1.82) is 0 Å². The number of hydrazine groups is 2. The van der Waals surface area contributed by atoms with Crippen molar-refractivity contribution in [2.75, 3.05) is 16.2 Å². The molecule has 100 valence electrons. The lowest BCUT2D eigenvalue weighted by Gasteiger charge is -2.10. The SMILES string of the molecule is NNc1cc(NN)nc(Nc2cccc(Cl)c2F)n1. The number of nitrogens with two attached hydrogens (primary N) is 2. The number of nitrogen functional groups attached to an aromatic ring is 2. The molecule has 2 aromatic rings. The van der Waals surface area contributed by atoms with Gasteiger partial charge < -0.3 is 16.2 Å². The summed E-state index contributed by atoms with van der Waals surface area (Å²) in [5.74, 6) is 10.7. The van der Waals surface area contributed by atoms with Crippen molar-refractivity contribution < 1.29 is 4.39 Å². The third kappa shape index (κ3) is 2.99. The maximum Gasteiger partial charge on any atom is 0.231 e. The van der Waals surface area contributed by atoms with Crippen molar-refractivity contribution in [2.45, 2.75) is 0 Å². The van der Waals surface area contributed by atoms with Crippen LogP contribution in [0.1, 0.15) is 0 Å². The van der Waals surface area contributed by atoms with Gasteiger partial charge in [-0.25, -0.2) is 16.1 Å². The highest BCUT2D eigenvalue weighted by molar-refractivity contribution is 6.31. The fourth-order valence-electron chi connectivity index (χ4n) is 1.37. The van der Waals surface area contributed by atoms with E-state index in [4.69, 9.17) is 23.3 Å². The van der Waals surface area contributed by atoms with Gasteiger partial charge >= 0.3 is 0 Å². The van der Waals surface area contributed by atoms with Gasteiger partial charge in [0.2, 0.25) is 5.95 Å². The Bertz CT molecular complexity index is 570. The van der Waals surface area contributed by atoms with Crippen LogP contribution >= 0.6 is 11.6 Å². The Hall–Kier alpha value is -2.16. The summed E-state index contributed by atoms with van der Waals surface area (Å²) in [7, 11) is 0. The van der Waals surface area contributed by atoms with Crippen LogP contribution in [0, 0.1) is 5.82 Å². The fourth-order valence-corrected chi connectivity index (χ4v) is 1.55. The number of nitrogens with one attached hydrogen (secondary N) is 3. The predicted octanol–water partition coefficient (Wildman–Crippen LogP) is 1.58. The summed E-state index contributed by atoms with van der Waals surface area (Å²) in [5, 5.41) is 2.69. The average molecular weight is 284 g/mol. The monoisotopic (exact) mass is 283 g/mol. The third-order valence-electron chi connectivity index (χ3n) is 2.22. The van der Waals surface area contributed by atoms with Crippen LogP contribution in [-0.4, -0.2) is 9.97 Å². The van der Waals surface area contributed by atoms with E-state index < -0.39 is 5.82 Å². The first-order valence-corrected chi connectivity index (χ1v) is 5.55. The largest absolute Gasteiger partial charge is 0.321 e. The first kappa shape index (κ1) is 13.3. The molecular formula is C10H11ClFN7. The molecule has 9 heteroatoms. The molecule has 0 aliphatic carbocycles. The zero-order valence-electron chi connectivity index (χ0n) is 9.61. The number of hydrogen-bond donors (Lipinski definition) is 5. The van der Waals surface area contributed by atoms with Crippen molar-refractivity contribution in [1.82, 2.24) is 9.97 Å². The van der Waals surface area contributed by atoms with E-state index in [2.05, 4.69) is 26.1 Å². The van der Waals surface area contributed by atoms with Gasteiger partial charge in [-0.3, -0.25) is 0 Å². The van der Waals surface area contributed by atoms with Crippen LogP contribution in [0.4, 0.5) is 27.7 Å². The smallest absolute Gasteiger partial charge is 0.231 e. The lowest BCUT2D eigenvalue weighted by Crippen LogP contribution is -2.14. The summed E-state index contributed by atoms with van der Waals surface area (Å²) in [6.45, 7) is 0. The minimum Gasteiger partial charge on any atom is -0.321 e. The van der Waals surface area contributed by atoms with Gasteiger partial charge in [0.15, 0.2) is 5.82 Å². The van der Waals surface area contributed by atoms with Gasteiger partial charge in [0.25, 0.3) is 0 Å². The van der Waals surface area contributed by atoms with Crippen molar-refractivity contribution in [3.8, 4) is 0 Å². The lowest BCUT2D eigenvalue weighted by atomic mass is 10.3. The van der Waals surface area contributed by atoms with E-state index in [0.29, 0.717) is 11.6 Å². The molecule has 0 spiro atoms. The Morgan fingerprint density at radius 3 is 2.32 bits per heavy atom. The summed E-state index contributed by atoms with van der Waals surface area (Å²) in [5.41, 5.74) is 4.84. The minimum atomic E-state index is -0.596. The van der Waals surface area contributed by atoms with Gasteiger partial charge in [0.1, 0.15) is 11.6 Å². The first-order valence-electron chi connectivity index (χ1n) is 5.17. The third-order valence-corrected chi connectivity index (χ3v) is 2.51. The van der Waals surface area contributed by atoms with Gasteiger partial charge in [-0.15, -0.1) is 0 Å². The predicted molar refractivity (Wildman–Crippen MR) is 72.3 cm³/mol. The molecule has 0 atom stereocenters. The van der Waals surface area contributed by atoms with E-state index in [1.54, 1.807) is 6.07 Å². The Labute approximate surface area is 113 Å². The standard InChI is InChI=1S/C10H11ClFN7/c11-5-2-1-3-6(9(5)12)15-10-16-7(18-13)4-8(17-10)19-14/h1-4H,13-14H2,(H3,15,16,17,18,19). The zero-order valence-corrected chi connectivity index (χ0v) is 10.4. The molecule has 0 aliphatic heterocycles. The highest BCUT2D eigenvalue weighted by Gasteiger charge is 2.09. The van der Waals surface area contributed by atoms with Crippen LogP contribution in [0.25, 0.3) is 0 Å². The van der Waals surface area contributed by atoms with Gasteiger partial charge in [-0.2, -0.15) is 9.97 Å². The van der Waals surface area contributed by atoms with E-state index in [9.17, 15) is 4.39 Å². The minimum absolute atomic E-state index is 0.00437. The van der Waals surface area contributed by atoms with Crippen molar-refractivity contribution in [3.05, 3.63) is 35.1 Å². The topological polar surface area (TPSA) is 114 Å². The van der Waals surface area contributed by atoms with E-state index in [0.717, 1.165) is 0 Å². The maximum absolute atomic E-state index is 13.7. The summed E-state index contributed by atoms with van der Waals surface area (Å²) in [6.07, 6.45) is 0. The molecule has 7 N–H and O–H groups in total. The van der Waals surface area contributed by atoms with Crippen molar-refractivity contribution in [3.63, 3.8) is 0 Å². The Balaban J connectivity index is 2.34. The molecule has 0 unspecified atom stereocenters. The number of hydrogen-bond acceptors (Lipinski definition) is 7. The molecule has 0 saturated heterocycles. The lowest BCUT2D eigenvalue weighted by molar-refractivity contribution is 0.632. The van der Waals surface area contributed by atoms with Crippen LogP contribution < -0.4 is 27.9 Å². The van der Waals surface area contributed by atoms with E-state index in [1.165, 1.54) is 18.2 Å². The molecule has 2 rings (SSSR count). The molecule has 0 aliphatic rings. The van der Waals surface area contributed by atoms with Crippen molar-refractivity contribution in [2.24, 2.45) is 11.7 Å². The van der Waals surface area contributed by atoms with Crippen molar-refractivity contribution >= 4 is 34.9 Å². The second-order valence-corrected chi connectivity index (χ2v) is 3.88. The Morgan fingerprint density at radius 2 is 1.74 bits per heavy atom. The highest BCUT2D eigenvalue weighted by Crippen LogP contribution is 2.24. The number of anilines is 4. The number of halogens is 2. The first-order chi connectivity index (χ1) is 9.13. The normalized spacial score (nSPS) is 10.1. The van der Waals surface area contributed by atoms with Crippen LogP contribution in [0.2, 0.25) is 5.02 Å². The zero-order chi connectivity index (χ0) is 13.8. The van der Waals surface area contributed by atoms with Gasteiger partial charge in [0.05, 0.1) is 10.7 Å². The van der Waals surface area contributed by atoms with E-state index in [1.807, 2.05) is 0 Å². The van der Waals surface area contributed by atoms with Crippen LogP contribution in [0.5, 0.6) is 0 Å². The number of benzene rings is 1. The quantitative estimate of drug-likeness (QED) is 0.427. The number of nitrogens with zero attached hydrogens (tertiary/aromatic N) is 2. The molecule has 0 amide bonds. The molecule has 19 heavy (non-hydrogen) atoms. The Kier molecular flexibility index (Phi) is 3.95. The van der Waals surface area contributed by atoms with Gasteiger partial charge in [-0.1, -0.05) is 17.7 Å². The molecule has 0 radical (unpaired) electrons.